The van der Waals surface area contributed by atoms with Crippen LogP contribution in [-0.2, 0) is 4.79 Å². The molecule has 1 aliphatic heterocycles. The number of carbonyl (C=O) groups is 2. The van der Waals surface area contributed by atoms with Crippen molar-refractivity contribution in [2.75, 3.05) is 32.6 Å². The third-order valence-electron chi connectivity index (χ3n) is 6.08. The third-order valence-corrected chi connectivity index (χ3v) is 6.33. The normalized spacial score (nSPS) is 13.4. The van der Waals surface area contributed by atoms with E-state index in [1.807, 2.05) is 24.3 Å². The van der Waals surface area contributed by atoms with Crippen molar-refractivity contribution in [3.05, 3.63) is 82.6 Å². The Morgan fingerprint density at radius 3 is 2.33 bits per heavy atom. The molecule has 0 atom stereocenters. The van der Waals surface area contributed by atoms with Gasteiger partial charge < -0.3 is 19.7 Å². The summed E-state index contributed by atoms with van der Waals surface area (Å²) in [6.45, 7) is 1.23. The summed E-state index contributed by atoms with van der Waals surface area (Å²) < 4.78 is 10.7. The molecule has 4 rings (SSSR count). The van der Waals surface area contributed by atoms with Crippen LogP contribution in [0.2, 0.25) is 5.02 Å². The molecule has 0 saturated carbocycles. The number of nitrogens with one attached hydrogen (secondary N) is 1. The molecule has 0 radical (unpaired) electrons. The van der Waals surface area contributed by atoms with Crippen LogP contribution in [0.3, 0.4) is 0 Å². The number of hydrogen-bond acceptors (Lipinski definition) is 5. The van der Waals surface area contributed by atoms with E-state index < -0.39 is 0 Å². The zero-order valence-corrected chi connectivity index (χ0v) is 20.8. The van der Waals surface area contributed by atoms with Crippen LogP contribution in [0.1, 0.15) is 40.4 Å². The highest BCUT2D eigenvalue weighted by molar-refractivity contribution is 6.30. The number of halogens is 1. The minimum absolute atomic E-state index is 0.165. The van der Waals surface area contributed by atoms with Gasteiger partial charge in [0.1, 0.15) is 0 Å². The van der Waals surface area contributed by atoms with Crippen molar-refractivity contribution in [2.45, 2.75) is 18.8 Å². The standard InChI is InChI=1S/C28H26ClN3O4/c1-35-24-13-16-30-26(27(24)36-2)28(34)32-17-14-21(15-18-32)20-6-10-23(11-7-20)31-25(33)12-5-19-3-8-22(29)9-4-19/h3-4,6-11,13,16,21H,14-15,17-18H2,1-2H3,(H,31,33). The van der Waals surface area contributed by atoms with E-state index in [-0.39, 0.29) is 17.5 Å². The van der Waals surface area contributed by atoms with Crippen LogP contribution in [0.4, 0.5) is 5.69 Å². The Labute approximate surface area is 215 Å². The molecule has 36 heavy (non-hydrogen) atoms. The van der Waals surface area contributed by atoms with Crippen molar-refractivity contribution in [1.29, 1.82) is 0 Å². The van der Waals surface area contributed by atoms with Gasteiger partial charge in [0.25, 0.3) is 5.91 Å². The summed E-state index contributed by atoms with van der Waals surface area (Å²) in [4.78, 5) is 31.3. The van der Waals surface area contributed by atoms with Gasteiger partial charge in [-0.25, -0.2) is 4.98 Å². The lowest BCUT2D eigenvalue weighted by atomic mass is 9.89. The number of likely N-dealkylation sites (tertiary alicyclic amines) is 1. The molecule has 0 bridgehead atoms. The smallest absolute Gasteiger partial charge is 0.300 e. The largest absolute Gasteiger partial charge is 0.493 e. The molecule has 1 aliphatic rings. The SMILES string of the molecule is COc1ccnc(C(=O)N2CCC(c3ccc(NC(=O)C#Cc4ccc(Cl)cc4)cc3)CC2)c1OC. The molecule has 1 fully saturated rings. The van der Waals surface area contributed by atoms with Gasteiger partial charge in [-0.15, -0.1) is 0 Å². The molecule has 0 spiro atoms. The summed E-state index contributed by atoms with van der Waals surface area (Å²) in [5, 5.41) is 3.42. The minimum atomic E-state index is -0.383. The molecule has 3 aromatic rings. The summed E-state index contributed by atoms with van der Waals surface area (Å²) in [5.74, 6) is 6.01. The molecular weight excluding hydrogens is 478 g/mol. The van der Waals surface area contributed by atoms with E-state index in [9.17, 15) is 9.59 Å². The molecule has 7 nitrogen and oxygen atoms in total. The van der Waals surface area contributed by atoms with Crippen molar-refractivity contribution in [3.63, 3.8) is 0 Å². The van der Waals surface area contributed by atoms with Crippen molar-refractivity contribution < 1.29 is 19.1 Å². The van der Waals surface area contributed by atoms with Crippen molar-refractivity contribution >= 4 is 29.1 Å². The van der Waals surface area contributed by atoms with Crippen LogP contribution in [0, 0.1) is 11.8 Å². The molecule has 8 heteroatoms. The first kappa shape index (κ1) is 25.1. The first-order valence-corrected chi connectivity index (χ1v) is 11.9. The van der Waals surface area contributed by atoms with Gasteiger partial charge in [0.15, 0.2) is 17.2 Å². The van der Waals surface area contributed by atoms with Crippen LogP contribution >= 0.6 is 11.6 Å². The highest BCUT2D eigenvalue weighted by atomic mass is 35.5. The topological polar surface area (TPSA) is 80.8 Å². The highest BCUT2D eigenvalue weighted by Gasteiger charge is 2.28. The van der Waals surface area contributed by atoms with Crippen molar-refractivity contribution in [2.24, 2.45) is 0 Å². The fraction of sp³-hybridized carbons (Fsp3) is 0.250. The summed E-state index contributed by atoms with van der Waals surface area (Å²) in [6, 6.07) is 16.4. The molecule has 2 amide bonds. The maximum absolute atomic E-state index is 13.1. The molecule has 2 heterocycles. The van der Waals surface area contributed by atoms with Crippen LogP contribution in [0.25, 0.3) is 0 Å². The molecule has 1 saturated heterocycles. The second-order valence-electron chi connectivity index (χ2n) is 8.29. The predicted molar refractivity (Wildman–Crippen MR) is 139 cm³/mol. The number of hydrogen-bond donors (Lipinski definition) is 1. The third kappa shape index (κ3) is 5.96. The average molecular weight is 504 g/mol. The predicted octanol–water partition coefficient (Wildman–Crippen LogP) is 4.76. The fourth-order valence-corrected chi connectivity index (χ4v) is 4.30. The van der Waals surface area contributed by atoms with Gasteiger partial charge in [-0.2, -0.15) is 0 Å². The summed E-state index contributed by atoms with van der Waals surface area (Å²) >= 11 is 5.86. The number of nitrogens with zero attached hydrogens (tertiary/aromatic N) is 2. The number of piperidine rings is 1. The van der Waals surface area contributed by atoms with E-state index in [2.05, 4.69) is 22.1 Å². The van der Waals surface area contributed by atoms with E-state index >= 15 is 0 Å². The van der Waals surface area contributed by atoms with E-state index in [1.165, 1.54) is 19.8 Å². The minimum Gasteiger partial charge on any atom is -0.493 e. The van der Waals surface area contributed by atoms with Crippen LogP contribution in [0.5, 0.6) is 11.5 Å². The van der Waals surface area contributed by atoms with Crippen molar-refractivity contribution in [1.82, 2.24) is 9.88 Å². The monoisotopic (exact) mass is 503 g/mol. The summed E-state index contributed by atoms with van der Waals surface area (Å²) in [5.41, 5.74) is 2.83. The van der Waals surface area contributed by atoms with Crippen LogP contribution in [0.15, 0.2) is 60.8 Å². The van der Waals surface area contributed by atoms with E-state index in [0.717, 1.165) is 18.4 Å². The fourth-order valence-electron chi connectivity index (χ4n) is 4.17. The van der Waals surface area contributed by atoms with E-state index in [1.54, 1.807) is 41.4 Å². The number of methoxy groups -OCH3 is 2. The zero-order valence-electron chi connectivity index (χ0n) is 20.1. The Balaban J connectivity index is 1.33. The number of aromatic nitrogens is 1. The quantitative estimate of drug-likeness (QED) is 0.508. The van der Waals surface area contributed by atoms with Gasteiger partial charge in [-0.1, -0.05) is 29.7 Å². The molecule has 2 aromatic carbocycles. The maximum atomic E-state index is 13.1. The number of benzene rings is 2. The van der Waals surface area contributed by atoms with Crippen LogP contribution in [-0.4, -0.2) is 49.0 Å². The lowest BCUT2D eigenvalue weighted by Gasteiger charge is -2.32. The Hall–Kier alpha value is -4.02. The zero-order chi connectivity index (χ0) is 25.5. The number of rotatable bonds is 5. The van der Waals surface area contributed by atoms with Crippen molar-refractivity contribution in [3.8, 4) is 23.3 Å². The molecule has 1 N–H and O–H groups in total. The number of anilines is 1. The second-order valence-corrected chi connectivity index (χ2v) is 8.73. The number of ether oxygens (including phenoxy) is 2. The van der Waals surface area contributed by atoms with Gasteiger partial charge in [-0.3, -0.25) is 9.59 Å². The highest BCUT2D eigenvalue weighted by Crippen LogP contribution is 2.33. The average Bonchev–Trinajstić information content (AvgIpc) is 2.92. The number of carbonyl (C=O) groups excluding carboxylic acids is 2. The Kier molecular flexibility index (Phi) is 8.09. The molecule has 0 aliphatic carbocycles. The van der Waals surface area contributed by atoms with Gasteiger partial charge in [0.2, 0.25) is 0 Å². The maximum Gasteiger partial charge on any atom is 0.300 e. The Morgan fingerprint density at radius 1 is 1.00 bits per heavy atom. The van der Waals surface area contributed by atoms with Crippen LogP contribution < -0.4 is 14.8 Å². The first-order valence-electron chi connectivity index (χ1n) is 11.5. The lowest BCUT2D eigenvalue weighted by molar-refractivity contribution is -0.111. The van der Waals surface area contributed by atoms with Gasteiger partial charge in [-0.05, 0) is 60.7 Å². The first-order chi connectivity index (χ1) is 17.5. The second kappa shape index (κ2) is 11.6. The summed E-state index contributed by atoms with van der Waals surface area (Å²) in [7, 11) is 3.03. The van der Waals surface area contributed by atoms with Gasteiger partial charge >= 0.3 is 5.91 Å². The molecule has 184 valence electrons. The van der Waals surface area contributed by atoms with Gasteiger partial charge in [0, 0.05) is 47.5 Å². The summed E-state index contributed by atoms with van der Waals surface area (Å²) in [6.07, 6.45) is 3.21. The number of pyridine rings is 1. The number of amides is 2. The molecular formula is C28H26ClN3O4. The van der Waals surface area contributed by atoms with E-state index in [4.69, 9.17) is 21.1 Å². The lowest BCUT2D eigenvalue weighted by Crippen LogP contribution is -2.38. The van der Waals surface area contributed by atoms with E-state index in [0.29, 0.717) is 41.2 Å². The van der Waals surface area contributed by atoms with Gasteiger partial charge in [0.05, 0.1) is 14.2 Å². The molecule has 0 unspecified atom stereocenters. The Bertz CT molecular complexity index is 1290. The molecule has 1 aromatic heterocycles. The Morgan fingerprint density at radius 2 is 1.69 bits per heavy atom.